The van der Waals surface area contributed by atoms with Crippen LogP contribution in [0.4, 0.5) is 0 Å². The van der Waals surface area contributed by atoms with Gasteiger partial charge in [-0.3, -0.25) is 4.79 Å². The number of hydrogen-bond donors (Lipinski definition) is 1. The third-order valence-corrected chi connectivity index (χ3v) is 2.90. The largest absolute Gasteiger partial charge is 0.339 e. The molecule has 0 aliphatic carbocycles. The van der Waals surface area contributed by atoms with Gasteiger partial charge in [0, 0.05) is 19.1 Å². The molecule has 1 heterocycles. The Morgan fingerprint density at radius 1 is 1.50 bits per heavy atom. The molecule has 3 heteroatoms. The maximum Gasteiger partial charge on any atom is 0.246 e. The molecule has 0 bridgehead atoms. The predicted molar refractivity (Wildman–Crippen MR) is 57.8 cm³/mol. The summed E-state index contributed by atoms with van der Waals surface area (Å²) in [7, 11) is 0. The smallest absolute Gasteiger partial charge is 0.246 e. The first kappa shape index (κ1) is 11.2. The summed E-state index contributed by atoms with van der Waals surface area (Å²) in [4.78, 5) is 13.4. The van der Waals surface area contributed by atoms with Crippen LogP contribution in [0.2, 0.25) is 0 Å². The fourth-order valence-electron chi connectivity index (χ4n) is 1.89. The molecule has 14 heavy (non-hydrogen) atoms. The second kappa shape index (κ2) is 5.15. The van der Waals surface area contributed by atoms with Gasteiger partial charge in [-0.2, -0.15) is 0 Å². The molecule has 1 atom stereocenters. The Balaban J connectivity index is 2.39. The normalized spacial score (nSPS) is 21.5. The number of hydrogen-bond acceptors (Lipinski definition) is 2. The predicted octanol–water partition coefficient (Wildman–Crippen LogP) is 1.15. The summed E-state index contributed by atoms with van der Waals surface area (Å²) >= 11 is 0. The highest BCUT2D eigenvalue weighted by molar-refractivity contribution is 5.87. The molecule has 0 radical (unpaired) electrons. The van der Waals surface area contributed by atoms with Crippen LogP contribution in [0.25, 0.3) is 0 Å². The van der Waals surface area contributed by atoms with Crippen LogP contribution >= 0.6 is 0 Å². The molecule has 1 aliphatic heterocycles. The van der Waals surface area contributed by atoms with E-state index in [1.54, 1.807) is 12.2 Å². The summed E-state index contributed by atoms with van der Waals surface area (Å²) in [6.45, 7) is 5.63. The Kier molecular flexibility index (Phi) is 4.14. The van der Waals surface area contributed by atoms with Crippen LogP contribution in [0.5, 0.6) is 0 Å². The first-order valence-corrected chi connectivity index (χ1v) is 5.32. The van der Waals surface area contributed by atoms with Crippen molar-refractivity contribution in [1.82, 2.24) is 4.90 Å². The van der Waals surface area contributed by atoms with Crippen molar-refractivity contribution in [3.63, 3.8) is 0 Å². The van der Waals surface area contributed by atoms with Gasteiger partial charge in [0.05, 0.1) is 0 Å². The number of amides is 1. The Morgan fingerprint density at radius 3 is 2.50 bits per heavy atom. The first-order valence-electron chi connectivity index (χ1n) is 5.32. The molecular formula is C11H20N2O. The number of rotatable bonds is 2. The lowest BCUT2D eigenvalue weighted by molar-refractivity contribution is -0.127. The summed E-state index contributed by atoms with van der Waals surface area (Å²) in [5.74, 6) is 0.722. The van der Waals surface area contributed by atoms with Crippen molar-refractivity contribution in [2.75, 3.05) is 13.1 Å². The molecule has 2 N–H and O–H groups in total. The van der Waals surface area contributed by atoms with E-state index in [1.807, 2.05) is 18.7 Å². The number of allylic oxidation sites excluding steroid dienone is 1. The average Bonchev–Trinajstić information content (AvgIpc) is 2.18. The molecule has 0 aromatic rings. The van der Waals surface area contributed by atoms with Crippen LogP contribution in [0, 0.1) is 5.92 Å². The maximum absolute atomic E-state index is 11.5. The van der Waals surface area contributed by atoms with Crippen molar-refractivity contribution in [3.05, 3.63) is 12.2 Å². The monoisotopic (exact) mass is 196 g/mol. The number of nitrogens with zero attached hydrogens (tertiary/aromatic N) is 1. The van der Waals surface area contributed by atoms with Gasteiger partial charge in [-0.05, 0) is 38.7 Å². The molecule has 3 nitrogen and oxygen atoms in total. The SMILES string of the molecule is CC=CC(=O)N1CCC(C(C)N)CC1. The summed E-state index contributed by atoms with van der Waals surface area (Å²) in [6, 6.07) is 0.258. The Bertz CT molecular complexity index is 215. The minimum Gasteiger partial charge on any atom is -0.339 e. The number of piperidine rings is 1. The second-order valence-electron chi connectivity index (χ2n) is 4.02. The summed E-state index contributed by atoms with van der Waals surface area (Å²) in [5.41, 5.74) is 5.83. The van der Waals surface area contributed by atoms with E-state index >= 15 is 0 Å². The minimum atomic E-state index is 0.135. The van der Waals surface area contributed by atoms with Gasteiger partial charge in [-0.25, -0.2) is 0 Å². The third-order valence-electron chi connectivity index (χ3n) is 2.90. The lowest BCUT2D eigenvalue weighted by atomic mass is 9.91. The summed E-state index contributed by atoms with van der Waals surface area (Å²) in [5, 5.41) is 0. The van der Waals surface area contributed by atoms with Gasteiger partial charge in [0.25, 0.3) is 0 Å². The Labute approximate surface area is 86.0 Å². The van der Waals surface area contributed by atoms with Crippen LogP contribution in [0.15, 0.2) is 12.2 Å². The van der Waals surface area contributed by atoms with E-state index in [0.29, 0.717) is 5.92 Å². The summed E-state index contributed by atoms with van der Waals surface area (Å²) in [6.07, 6.45) is 5.51. The molecule has 1 aliphatic rings. The van der Waals surface area contributed by atoms with Gasteiger partial charge in [0.2, 0.25) is 5.91 Å². The lowest BCUT2D eigenvalue weighted by Crippen LogP contribution is -2.41. The van der Waals surface area contributed by atoms with Gasteiger partial charge in [0.15, 0.2) is 0 Å². The highest BCUT2D eigenvalue weighted by Gasteiger charge is 2.23. The molecule has 0 spiro atoms. The molecule has 1 saturated heterocycles. The van der Waals surface area contributed by atoms with E-state index in [9.17, 15) is 4.79 Å². The van der Waals surface area contributed by atoms with E-state index in [0.717, 1.165) is 25.9 Å². The third kappa shape index (κ3) is 2.84. The van der Waals surface area contributed by atoms with Crippen molar-refractivity contribution in [3.8, 4) is 0 Å². The zero-order valence-electron chi connectivity index (χ0n) is 9.07. The Morgan fingerprint density at radius 2 is 2.07 bits per heavy atom. The lowest BCUT2D eigenvalue weighted by Gasteiger charge is -2.33. The van der Waals surface area contributed by atoms with E-state index in [2.05, 4.69) is 0 Å². The molecule has 0 saturated carbocycles. The Hall–Kier alpha value is -0.830. The highest BCUT2D eigenvalue weighted by atomic mass is 16.2. The summed E-state index contributed by atoms with van der Waals surface area (Å²) < 4.78 is 0. The fraction of sp³-hybridized carbons (Fsp3) is 0.727. The van der Waals surface area contributed by atoms with Crippen molar-refractivity contribution in [2.24, 2.45) is 11.7 Å². The number of carbonyl (C=O) groups excluding carboxylic acids is 1. The van der Waals surface area contributed by atoms with Crippen LogP contribution in [-0.4, -0.2) is 29.9 Å². The molecule has 0 aromatic heterocycles. The highest BCUT2D eigenvalue weighted by Crippen LogP contribution is 2.19. The molecule has 1 rings (SSSR count). The molecule has 80 valence electrons. The topological polar surface area (TPSA) is 46.3 Å². The second-order valence-corrected chi connectivity index (χ2v) is 4.02. The molecule has 0 aromatic carbocycles. The standard InChI is InChI=1S/C11H20N2O/c1-3-4-11(14)13-7-5-10(6-8-13)9(2)12/h3-4,9-10H,5-8,12H2,1-2H3. The molecule has 1 unspecified atom stereocenters. The quantitative estimate of drug-likeness (QED) is 0.673. The van der Waals surface area contributed by atoms with Gasteiger partial charge in [-0.15, -0.1) is 0 Å². The van der Waals surface area contributed by atoms with Crippen molar-refractivity contribution in [2.45, 2.75) is 32.7 Å². The van der Waals surface area contributed by atoms with E-state index in [1.165, 1.54) is 0 Å². The van der Waals surface area contributed by atoms with Gasteiger partial charge in [-0.1, -0.05) is 6.08 Å². The number of likely N-dealkylation sites (tertiary alicyclic amines) is 1. The van der Waals surface area contributed by atoms with E-state index in [4.69, 9.17) is 5.73 Å². The average molecular weight is 196 g/mol. The zero-order valence-corrected chi connectivity index (χ0v) is 9.07. The molecule has 1 fully saturated rings. The van der Waals surface area contributed by atoms with Crippen molar-refractivity contribution in [1.29, 1.82) is 0 Å². The van der Waals surface area contributed by atoms with Crippen molar-refractivity contribution >= 4 is 5.91 Å². The fourth-order valence-corrected chi connectivity index (χ4v) is 1.89. The zero-order chi connectivity index (χ0) is 10.6. The van der Waals surface area contributed by atoms with Crippen molar-refractivity contribution < 1.29 is 4.79 Å². The molecule has 1 amide bonds. The first-order chi connectivity index (χ1) is 6.65. The van der Waals surface area contributed by atoms with E-state index in [-0.39, 0.29) is 11.9 Å². The number of nitrogens with two attached hydrogens (primary N) is 1. The van der Waals surface area contributed by atoms with Gasteiger partial charge >= 0.3 is 0 Å². The van der Waals surface area contributed by atoms with Gasteiger partial charge < -0.3 is 10.6 Å². The maximum atomic E-state index is 11.5. The van der Waals surface area contributed by atoms with Crippen LogP contribution in [0.3, 0.4) is 0 Å². The number of carbonyl (C=O) groups is 1. The van der Waals surface area contributed by atoms with E-state index < -0.39 is 0 Å². The van der Waals surface area contributed by atoms with Crippen LogP contribution < -0.4 is 5.73 Å². The minimum absolute atomic E-state index is 0.135. The van der Waals surface area contributed by atoms with Gasteiger partial charge in [0.1, 0.15) is 0 Å². The molecular weight excluding hydrogens is 176 g/mol. The van der Waals surface area contributed by atoms with Crippen LogP contribution in [-0.2, 0) is 4.79 Å². The van der Waals surface area contributed by atoms with Crippen LogP contribution in [0.1, 0.15) is 26.7 Å².